The molecule has 146 valence electrons. The number of halogens is 1. The van der Waals surface area contributed by atoms with Gasteiger partial charge in [-0.3, -0.25) is 4.79 Å². The minimum atomic E-state index is -3.53. The van der Waals surface area contributed by atoms with Crippen molar-refractivity contribution in [3.05, 3.63) is 53.1 Å². The lowest BCUT2D eigenvalue weighted by atomic mass is 10.2. The zero-order valence-corrected chi connectivity index (χ0v) is 17.1. The van der Waals surface area contributed by atoms with Crippen molar-refractivity contribution in [3.63, 3.8) is 0 Å². The summed E-state index contributed by atoms with van der Waals surface area (Å²) < 4.78 is 32.0. The van der Waals surface area contributed by atoms with E-state index in [1.165, 1.54) is 10.4 Å². The van der Waals surface area contributed by atoms with Crippen molar-refractivity contribution in [2.75, 3.05) is 25.0 Å². The monoisotopic (exact) mass is 410 g/mol. The molecule has 0 heterocycles. The molecule has 0 aromatic heterocycles. The van der Waals surface area contributed by atoms with Crippen LogP contribution >= 0.6 is 11.6 Å². The summed E-state index contributed by atoms with van der Waals surface area (Å²) in [6.07, 6.45) is 0. The Kier molecular flexibility index (Phi) is 7.24. The average molecular weight is 411 g/mol. The number of rotatable bonds is 8. The molecule has 0 unspecified atom stereocenters. The van der Waals surface area contributed by atoms with E-state index in [-0.39, 0.29) is 17.4 Å². The van der Waals surface area contributed by atoms with Crippen LogP contribution in [0.2, 0.25) is 5.02 Å². The molecule has 0 atom stereocenters. The van der Waals surface area contributed by atoms with Crippen molar-refractivity contribution in [2.45, 2.75) is 25.7 Å². The first-order valence-corrected chi connectivity index (χ1v) is 10.4. The molecule has 2 aromatic rings. The number of nitrogens with one attached hydrogen (secondary N) is 1. The second-order valence-electron chi connectivity index (χ2n) is 5.86. The molecule has 0 saturated heterocycles. The zero-order chi connectivity index (χ0) is 20.0. The summed E-state index contributed by atoms with van der Waals surface area (Å²) >= 11 is 5.88. The molecule has 1 N–H and O–H groups in total. The molecule has 0 aliphatic carbocycles. The minimum Gasteiger partial charge on any atom is -0.483 e. The summed E-state index contributed by atoms with van der Waals surface area (Å²) in [5.41, 5.74) is 1.22. The number of hydrogen-bond acceptors (Lipinski definition) is 4. The van der Waals surface area contributed by atoms with E-state index in [0.717, 1.165) is 0 Å². The fourth-order valence-electron chi connectivity index (χ4n) is 2.56. The molecular weight excluding hydrogens is 388 g/mol. The molecular formula is C19H23ClN2O4S. The zero-order valence-electron chi connectivity index (χ0n) is 15.5. The molecule has 0 spiro atoms. The minimum absolute atomic E-state index is 0.199. The summed E-state index contributed by atoms with van der Waals surface area (Å²) in [6, 6.07) is 11.4. The van der Waals surface area contributed by atoms with Gasteiger partial charge in [-0.15, -0.1) is 0 Å². The lowest BCUT2D eigenvalue weighted by Gasteiger charge is -2.19. The standard InChI is InChI=1S/C19H23ClN2O4S/c1-4-22(5-2)27(24,25)17-9-10-18(14(3)11-17)26-13-19(23)21-16-8-6-7-15(20)12-16/h6-12H,4-5,13H2,1-3H3,(H,21,23). The lowest BCUT2D eigenvalue weighted by Crippen LogP contribution is -2.30. The smallest absolute Gasteiger partial charge is 0.262 e. The number of benzene rings is 2. The summed E-state index contributed by atoms with van der Waals surface area (Å²) in [5, 5.41) is 3.21. The van der Waals surface area contributed by atoms with Gasteiger partial charge in [0.25, 0.3) is 5.91 Å². The first-order chi connectivity index (χ1) is 12.8. The van der Waals surface area contributed by atoms with Gasteiger partial charge in [-0.1, -0.05) is 31.5 Å². The first kappa shape index (κ1) is 21.2. The highest BCUT2D eigenvalue weighted by atomic mass is 35.5. The Morgan fingerprint density at radius 1 is 1.15 bits per heavy atom. The van der Waals surface area contributed by atoms with Gasteiger partial charge in [0.2, 0.25) is 10.0 Å². The van der Waals surface area contributed by atoms with Crippen LogP contribution in [0.25, 0.3) is 0 Å². The summed E-state index contributed by atoms with van der Waals surface area (Å²) in [4.78, 5) is 12.2. The average Bonchev–Trinajstić information content (AvgIpc) is 2.61. The predicted molar refractivity (Wildman–Crippen MR) is 107 cm³/mol. The molecule has 8 heteroatoms. The van der Waals surface area contributed by atoms with Gasteiger partial charge >= 0.3 is 0 Å². The van der Waals surface area contributed by atoms with Crippen molar-refractivity contribution in [3.8, 4) is 5.75 Å². The third-order valence-corrected chi connectivity index (χ3v) is 6.24. The van der Waals surface area contributed by atoms with E-state index in [0.29, 0.717) is 35.1 Å². The molecule has 2 rings (SSSR count). The molecule has 0 saturated carbocycles. The number of aryl methyl sites for hydroxylation is 1. The summed E-state index contributed by atoms with van der Waals surface area (Å²) in [7, 11) is -3.53. The van der Waals surface area contributed by atoms with Crippen LogP contribution in [0.4, 0.5) is 5.69 Å². The second-order valence-corrected chi connectivity index (χ2v) is 8.24. The van der Waals surface area contributed by atoms with Crippen molar-refractivity contribution in [1.82, 2.24) is 4.31 Å². The molecule has 27 heavy (non-hydrogen) atoms. The van der Waals surface area contributed by atoms with E-state index < -0.39 is 10.0 Å². The van der Waals surface area contributed by atoms with Crippen LogP contribution in [-0.4, -0.2) is 38.3 Å². The van der Waals surface area contributed by atoms with E-state index in [1.54, 1.807) is 57.2 Å². The highest BCUT2D eigenvalue weighted by molar-refractivity contribution is 7.89. The van der Waals surface area contributed by atoms with Gasteiger partial charge in [-0.25, -0.2) is 8.42 Å². The molecule has 0 bridgehead atoms. The number of carbonyl (C=O) groups is 1. The quantitative estimate of drug-likeness (QED) is 0.720. The van der Waals surface area contributed by atoms with Crippen LogP contribution in [0.3, 0.4) is 0 Å². The Labute approximate surface area is 165 Å². The molecule has 0 fully saturated rings. The molecule has 0 aliphatic rings. The van der Waals surface area contributed by atoms with Crippen LogP contribution in [0.1, 0.15) is 19.4 Å². The van der Waals surface area contributed by atoms with Crippen LogP contribution < -0.4 is 10.1 Å². The maximum atomic E-state index is 12.6. The highest BCUT2D eigenvalue weighted by Gasteiger charge is 2.22. The third kappa shape index (κ3) is 5.45. The number of nitrogens with zero attached hydrogens (tertiary/aromatic N) is 1. The fourth-order valence-corrected chi connectivity index (χ4v) is 4.30. The number of amides is 1. The Morgan fingerprint density at radius 3 is 2.44 bits per heavy atom. The maximum absolute atomic E-state index is 12.6. The Hall–Kier alpha value is -2.09. The first-order valence-electron chi connectivity index (χ1n) is 8.57. The topological polar surface area (TPSA) is 75.7 Å². The van der Waals surface area contributed by atoms with Gasteiger partial charge in [-0.2, -0.15) is 4.31 Å². The highest BCUT2D eigenvalue weighted by Crippen LogP contribution is 2.24. The molecule has 0 aliphatic heterocycles. The van der Waals surface area contributed by atoms with Crippen LogP contribution in [0.15, 0.2) is 47.4 Å². The van der Waals surface area contributed by atoms with E-state index in [9.17, 15) is 13.2 Å². The second kappa shape index (κ2) is 9.21. The predicted octanol–water partition coefficient (Wildman–Crippen LogP) is 3.70. The van der Waals surface area contributed by atoms with Gasteiger partial charge in [0.05, 0.1) is 4.90 Å². The van der Waals surface area contributed by atoms with Gasteiger partial charge in [0.15, 0.2) is 6.61 Å². The largest absolute Gasteiger partial charge is 0.483 e. The van der Waals surface area contributed by atoms with Gasteiger partial charge in [0.1, 0.15) is 5.75 Å². The van der Waals surface area contributed by atoms with Crippen molar-refractivity contribution >= 4 is 33.2 Å². The van der Waals surface area contributed by atoms with E-state index >= 15 is 0 Å². The van der Waals surface area contributed by atoms with Gasteiger partial charge < -0.3 is 10.1 Å². The van der Waals surface area contributed by atoms with Crippen LogP contribution in [-0.2, 0) is 14.8 Å². The summed E-state index contributed by atoms with van der Waals surface area (Å²) in [6.45, 7) is 5.94. The van der Waals surface area contributed by atoms with Crippen molar-refractivity contribution < 1.29 is 17.9 Å². The summed E-state index contributed by atoms with van der Waals surface area (Å²) in [5.74, 6) is 0.117. The molecule has 1 amide bonds. The lowest BCUT2D eigenvalue weighted by molar-refractivity contribution is -0.118. The van der Waals surface area contributed by atoms with Gasteiger partial charge in [-0.05, 0) is 48.9 Å². The number of ether oxygens (including phenoxy) is 1. The molecule has 0 radical (unpaired) electrons. The van der Waals surface area contributed by atoms with E-state index in [4.69, 9.17) is 16.3 Å². The van der Waals surface area contributed by atoms with Crippen LogP contribution in [0.5, 0.6) is 5.75 Å². The molecule has 6 nitrogen and oxygen atoms in total. The Balaban J connectivity index is 2.05. The van der Waals surface area contributed by atoms with Crippen molar-refractivity contribution in [1.29, 1.82) is 0 Å². The fraction of sp³-hybridized carbons (Fsp3) is 0.316. The Morgan fingerprint density at radius 2 is 1.85 bits per heavy atom. The van der Waals surface area contributed by atoms with Gasteiger partial charge in [0, 0.05) is 23.8 Å². The number of hydrogen-bond donors (Lipinski definition) is 1. The number of sulfonamides is 1. The SMILES string of the molecule is CCN(CC)S(=O)(=O)c1ccc(OCC(=O)Nc2cccc(Cl)c2)c(C)c1. The van der Waals surface area contributed by atoms with E-state index in [1.807, 2.05) is 0 Å². The normalized spacial score (nSPS) is 11.4. The maximum Gasteiger partial charge on any atom is 0.262 e. The Bertz CT molecular complexity index is 912. The van der Waals surface area contributed by atoms with E-state index in [2.05, 4.69) is 5.32 Å². The number of anilines is 1. The number of carbonyl (C=O) groups excluding carboxylic acids is 1. The molecule has 2 aromatic carbocycles. The van der Waals surface area contributed by atoms with Crippen LogP contribution in [0, 0.1) is 6.92 Å². The third-order valence-electron chi connectivity index (χ3n) is 3.96. The van der Waals surface area contributed by atoms with Crippen molar-refractivity contribution in [2.24, 2.45) is 0 Å².